The summed E-state index contributed by atoms with van der Waals surface area (Å²) in [4.78, 5) is 2.26. The highest BCUT2D eigenvalue weighted by molar-refractivity contribution is 4.88. The molecule has 1 aliphatic carbocycles. The van der Waals surface area contributed by atoms with Gasteiger partial charge < -0.3 is 5.73 Å². The van der Waals surface area contributed by atoms with Gasteiger partial charge in [-0.1, -0.05) is 0 Å². The van der Waals surface area contributed by atoms with Gasteiger partial charge in [0.25, 0.3) is 0 Å². The second-order valence-corrected chi connectivity index (χ2v) is 4.12. The second kappa shape index (κ2) is 3.30. The summed E-state index contributed by atoms with van der Waals surface area (Å²) in [5.41, 5.74) is 5.79. The molecule has 2 aliphatic rings. The van der Waals surface area contributed by atoms with E-state index in [2.05, 4.69) is 4.90 Å². The van der Waals surface area contributed by atoms with E-state index in [1.165, 1.54) is 12.8 Å². The molecule has 0 spiro atoms. The molecule has 0 aromatic heterocycles. The fraction of sp³-hybridized carbons (Fsp3) is 1.00. The predicted octanol–water partition coefficient (Wildman–Crippen LogP) is 0.910. The second-order valence-electron chi connectivity index (χ2n) is 4.12. The van der Waals surface area contributed by atoms with Crippen LogP contribution < -0.4 is 5.73 Å². The third-order valence-corrected chi connectivity index (χ3v) is 3.12. The average molecular weight is 172 g/mol. The Morgan fingerprint density at radius 1 is 1.08 bits per heavy atom. The third kappa shape index (κ3) is 1.62. The number of hydrogen-bond acceptors (Lipinski definition) is 2. The molecule has 0 aromatic rings. The highest BCUT2D eigenvalue weighted by atomic mass is 19.1. The molecule has 1 heterocycles. The molecule has 70 valence electrons. The van der Waals surface area contributed by atoms with Gasteiger partial charge in [0.15, 0.2) is 0 Å². The molecule has 1 aliphatic heterocycles. The number of rotatable bonds is 1. The van der Waals surface area contributed by atoms with E-state index >= 15 is 0 Å². The van der Waals surface area contributed by atoms with Crippen molar-refractivity contribution in [2.75, 3.05) is 13.1 Å². The Bertz CT molecular complexity index is 149. The van der Waals surface area contributed by atoms with Gasteiger partial charge in [-0.05, 0) is 25.7 Å². The lowest BCUT2D eigenvalue weighted by Crippen LogP contribution is -2.54. The van der Waals surface area contributed by atoms with Gasteiger partial charge in [0, 0.05) is 25.2 Å². The number of halogens is 1. The van der Waals surface area contributed by atoms with Gasteiger partial charge in [-0.15, -0.1) is 0 Å². The van der Waals surface area contributed by atoms with Crippen molar-refractivity contribution in [3.63, 3.8) is 0 Å². The highest BCUT2D eigenvalue weighted by Crippen LogP contribution is 2.26. The molecule has 2 nitrogen and oxygen atoms in total. The van der Waals surface area contributed by atoms with Gasteiger partial charge in [0.1, 0.15) is 6.17 Å². The molecular formula is C9H17FN2. The van der Waals surface area contributed by atoms with E-state index in [9.17, 15) is 4.39 Å². The smallest absolute Gasteiger partial charge is 0.125 e. The lowest BCUT2D eigenvalue weighted by Gasteiger charge is -2.43. The minimum atomic E-state index is -0.555. The van der Waals surface area contributed by atoms with Crippen LogP contribution in [-0.4, -0.2) is 36.2 Å². The van der Waals surface area contributed by atoms with Crippen LogP contribution in [0.3, 0.4) is 0 Å². The van der Waals surface area contributed by atoms with E-state index in [4.69, 9.17) is 5.73 Å². The maximum atomic E-state index is 12.5. The molecule has 12 heavy (non-hydrogen) atoms. The van der Waals surface area contributed by atoms with Crippen LogP contribution in [-0.2, 0) is 0 Å². The Hall–Kier alpha value is -0.150. The van der Waals surface area contributed by atoms with Crippen molar-refractivity contribution in [2.45, 2.75) is 43.9 Å². The van der Waals surface area contributed by atoms with Crippen molar-refractivity contribution >= 4 is 0 Å². The van der Waals surface area contributed by atoms with E-state index in [0.29, 0.717) is 25.2 Å². The van der Waals surface area contributed by atoms with Gasteiger partial charge in [-0.3, -0.25) is 4.90 Å². The molecule has 2 N–H and O–H groups in total. The van der Waals surface area contributed by atoms with Crippen LogP contribution in [0.25, 0.3) is 0 Å². The van der Waals surface area contributed by atoms with Crippen LogP contribution in [0, 0.1) is 0 Å². The number of alkyl halides is 1. The summed E-state index contributed by atoms with van der Waals surface area (Å²) in [5.74, 6) is 0. The summed E-state index contributed by atoms with van der Waals surface area (Å²) < 4.78 is 12.5. The SMILES string of the molecule is NC1CCC(N2CC(F)C2)CC1. The molecule has 0 radical (unpaired) electrons. The highest BCUT2D eigenvalue weighted by Gasteiger charge is 2.33. The molecule has 2 rings (SSSR count). The molecule has 1 saturated heterocycles. The minimum absolute atomic E-state index is 0.406. The molecular weight excluding hydrogens is 155 g/mol. The largest absolute Gasteiger partial charge is 0.328 e. The monoisotopic (exact) mass is 172 g/mol. The minimum Gasteiger partial charge on any atom is -0.328 e. The Kier molecular flexibility index (Phi) is 2.33. The van der Waals surface area contributed by atoms with Crippen LogP contribution in [0.1, 0.15) is 25.7 Å². The number of likely N-dealkylation sites (tertiary alicyclic amines) is 1. The van der Waals surface area contributed by atoms with Crippen LogP contribution >= 0.6 is 0 Å². The normalized spacial score (nSPS) is 39.5. The summed E-state index contributed by atoms with van der Waals surface area (Å²) in [5, 5.41) is 0. The Balaban J connectivity index is 1.75. The van der Waals surface area contributed by atoms with Crippen molar-refractivity contribution in [3.8, 4) is 0 Å². The van der Waals surface area contributed by atoms with E-state index < -0.39 is 6.17 Å². The van der Waals surface area contributed by atoms with Crippen LogP contribution in [0.15, 0.2) is 0 Å². The van der Waals surface area contributed by atoms with E-state index in [-0.39, 0.29) is 0 Å². The van der Waals surface area contributed by atoms with Crippen LogP contribution in [0.4, 0.5) is 4.39 Å². The van der Waals surface area contributed by atoms with Crippen molar-refractivity contribution < 1.29 is 4.39 Å². The van der Waals surface area contributed by atoms with Crippen molar-refractivity contribution in [3.05, 3.63) is 0 Å². The van der Waals surface area contributed by atoms with Gasteiger partial charge >= 0.3 is 0 Å². The molecule has 3 heteroatoms. The maximum Gasteiger partial charge on any atom is 0.125 e. The Morgan fingerprint density at radius 3 is 2.17 bits per heavy atom. The fourth-order valence-corrected chi connectivity index (χ4v) is 2.22. The van der Waals surface area contributed by atoms with Gasteiger partial charge in [-0.25, -0.2) is 4.39 Å². The topological polar surface area (TPSA) is 29.3 Å². The Labute approximate surface area is 72.9 Å². The number of hydrogen-bond donors (Lipinski definition) is 1. The quantitative estimate of drug-likeness (QED) is 0.637. The lowest BCUT2D eigenvalue weighted by atomic mass is 9.89. The number of nitrogens with zero attached hydrogens (tertiary/aromatic N) is 1. The fourth-order valence-electron chi connectivity index (χ4n) is 2.22. The summed E-state index contributed by atoms with van der Waals surface area (Å²) in [6.45, 7) is 1.33. The first-order valence-electron chi connectivity index (χ1n) is 4.89. The zero-order chi connectivity index (χ0) is 8.55. The molecule has 2 fully saturated rings. The summed E-state index contributed by atoms with van der Waals surface area (Å²) in [6, 6.07) is 1.04. The van der Waals surface area contributed by atoms with Crippen LogP contribution in [0.5, 0.6) is 0 Å². The first-order chi connectivity index (χ1) is 5.75. The van der Waals surface area contributed by atoms with E-state index in [0.717, 1.165) is 12.8 Å². The van der Waals surface area contributed by atoms with Gasteiger partial charge in [0.2, 0.25) is 0 Å². The summed E-state index contributed by atoms with van der Waals surface area (Å²) in [7, 11) is 0. The van der Waals surface area contributed by atoms with Gasteiger partial charge in [0.05, 0.1) is 0 Å². The molecule has 0 bridgehead atoms. The molecule has 0 atom stereocenters. The van der Waals surface area contributed by atoms with E-state index in [1.54, 1.807) is 0 Å². The summed E-state index contributed by atoms with van der Waals surface area (Å²) in [6.07, 6.45) is 4.04. The molecule has 0 amide bonds. The lowest BCUT2D eigenvalue weighted by molar-refractivity contribution is 0.0123. The van der Waals surface area contributed by atoms with Crippen molar-refractivity contribution in [1.29, 1.82) is 0 Å². The molecule has 0 unspecified atom stereocenters. The average Bonchev–Trinajstić information content (AvgIpc) is 2.01. The predicted molar refractivity (Wildman–Crippen MR) is 46.7 cm³/mol. The first-order valence-corrected chi connectivity index (χ1v) is 4.89. The Morgan fingerprint density at radius 2 is 1.67 bits per heavy atom. The number of nitrogens with two attached hydrogens (primary N) is 1. The first kappa shape index (κ1) is 8.45. The van der Waals surface area contributed by atoms with Gasteiger partial charge in [-0.2, -0.15) is 0 Å². The summed E-state index contributed by atoms with van der Waals surface area (Å²) >= 11 is 0. The molecule has 1 saturated carbocycles. The zero-order valence-electron chi connectivity index (χ0n) is 7.38. The van der Waals surface area contributed by atoms with Crippen molar-refractivity contribution in [2.24, 2.45) is 5.73 Å². The molecule has 0 aromatic carbocycles. The third-order valence-electron chi connectivity index (χ3n) is 3.12. The standard InChI is InChI=1S/C9H17FN2/c10-7-5-12(6-7)9-3-1-8(11)2-4-9/h7-9H,1-6,11H2. The van der Waals surface area contributed by atoms with Crippen molar-refractivity contribution in [1.82, 2.24) is 4.90 Å². The van der Waals surface area contributed by atoms with Crippen LogP contribution in [0.2, 0.25) is 0 Å². The van der Waals surface area contributed by atoms with E-state index in [1.807, 2.05) is 0 Å². The zero-order valence-corrected chi connectivity index (χ0v) is 7.38. The maximum absolute atomic E-state index is 12.5.